The number of methoxy groups -OCH3 is 1. The number of hydrogen-bond acceptors (Lipinski definition) is 5. The van der Waals surface area contributed by atoms with E-state index in [1.165, 1.54) is 29.5 Å². The summed E-state index contributed by atoms with van der Waals surface area (Å²) in [6, 6.07) is 5.99. The quantitative estimate of drug-likeness (QED) is 0.735. The molecule has 0 aliphatic rings. The summed E-state index contributed by atoms with van der Waals surface area (Å²) >= 11 is 1.24. The molecule has 0 saturated heterocycles. The Morgan fingerprint density at radius 2 is 2.30 bits per heavy atom. The van der Waals surface area contributed by atoms with Crippen molar-refractivity contribution in [2.24, 2.45) is 4.99 Å². The number of halogens is 1. The molecule has 0 atom stereocenters. The minimum atomic E-state index is -0.524. The summed E-state index contributed by atoms with van der Waals surface area (Å²) < 4.78 is 26.0. The van der Waals surface area contributed by atoms with Gasteiger partial charge in [-0.2, -0.15) is 4.99 Å². The van der Waals surface area contributed by atoms with Crippen LogP contribution in [-0.2, 0) is 11.3 Å². The van der Waals surface area contributed by atoms with Gasteiger partial charge in [0.2, 0.25) is 5.76 Å². The number of thiazole rings is 1. The zero-order valence-electron chi connectivity index (χ0n) is 12.6. The number of hydrogen-bond donors (Lipinski definition) is 0. The lowest BCUT2D eigenvalue weighted by molar-refractivity contribution is 0.0962. The standard InChI is InChI=1S/C15H14FN3O3S/c1-9-7-12(22-18-9)14(20)17-15-19(5-6-21-2)11-4-3-10(16)8-13(11)23-15/h3-4,7-8H,5-6H2,1-2H3. The van der Waals surface area contributed by atoms with Crippen LogP contribution < -0.4 is 4.80 Å². The molecule has 0 aliphatic carbocycles. The van der Waals surface area contributed by atoms with Crippen LogP contribution in [0.1, 0.15) is 16.2 Å². The molecule has 6 nitrogen and oxygen atoms in total. The number of ether oxygens (including phenoxy) is 1. The van der Waals surface area contributed by atoms with Gasteiger partial charge in [-0.25, -0.2) is 4.39 Å². The normalized spacial score (nSPS) is 12.2. The number of aryl methyl sites for hydroxylation is 1. The first-order valence-electron chi connectivity index (χ1n) is 6.88. The van der Waals surface area contributed by atoms with Crippen LogP contribution in [0, 0.1) is 12.7 Å². The van der Waals surface area contributed by atoms with Gasteiger partial charge < -0.3 is 13.8 Å². The second kappa shape index (κ2) is 6.43. The summed E-state index contributed by atoms with van der Waals surface area (Å²) in [5.74, 6) is -0.783. The first-order chi connectivity index (χ1) is 11.1. The molecule has 0 N–H and O–H groups in total. The second-order valence-corrected chi connectivity index (χ2v) is 5.90. The van der Waals surface area contributed by atoms with Gasteiger partial charge in [0.1, 0.15) is 5.82 Å². The lowest BCUT2D eigenvalue weighted by Crippen LogP contribution is -2.19. The van der Waals surface area contributed by atoms with Crippen molar-refractivity contribution in [3.63, 3.8) is 0 Å². The SMILES string of the molecule is COCCn1c(=NC(=O)c2cc(C)no2)sc2cc(F)ccc21. The van der Waals surface area contributed by atoms with Crippen LogP contribution in [0.25, 0.3) is 10.2 Å². The highest BCUT2D eigenvalue weighted by molar-refractivity contribution is 7.16. The van der Waals surface area contributed by atoms with E-state index in [1.54, 1.807) is 20.1 Å². The molecule has 3 rings (SSSR count). The van der Waals surface area contributed by atoms with Crippen molar-refractivity contribution in [2.75, 3.05) is 13.7 Å². The average Bonchev–Trinajstić information content (AvgIpc) is 3.08. The highest BCUT2D eigenvalue weighted by atomic mass is 32.1. The van der Waals surface area contributed by atoms with Gasteiger partial charge in [-0.05, 0) is 25.1 Å². The Morgan fingerprint density at radius 1 is 1.48 bits per heavy atom. The molecule has 0 saturated carbocycles. The van der Waals surface area contributed by atoms with E-state index < -0.39 is 5.91 Å². The predicted molar refractivity (Wildman–Crippen MR) is 82.8 cm³/mol. The molecule has 120 valence electrons. The first-order valence-corrected chi connectivity index (χ1v) is 7.70. The Labute approximate surface area is 134 Å². The minimum absolute atomic E-state index is 0.0735. The van der Waals surface area contributed by atoms with Crippen molar-refractivity contribution < 1.29 is 18.4 Å². The molecule has 8 heteroatoms. The van der Waals surface area contributed by atoms with E-state index in [4.69, 9.17) is 9.26 Å². The zero-order chi connectivity index (χ0) is 16.4. The Bertz CT molecular complexity index is 926. The summed E-state index contributed by atoms with van der Waals surface area (Å²) in [5.41, 5.74) is 1.41. The van der Waals surface area contributed by atoms with Gasteiger partial charge in [-0.1, -0.05) is 16.5 Å². The van der Waals surface area contributed by atoms with Crippen molar-refractivity contribution in [1.82, 2.24) is 9.72 Å². The second-order valence-electron chi connectivity index (χ2n) is 4.89. The van der Waals surface area contributed by atoms with Gasteiger partial charge in [0.15, 0.2) is 4.80 Å². The largest absolute Gasteiger partial charge is 0.383 e. The van der Waals surface area contributed by atoms with E-state index in [9.17, 15) is 9.18 Å². The van der Waals surface area contributed by atoms with Crippen molar-refractivity contribution in [1.29, 1.82) is 0 Å². The van der Waals surface area contributed by atoms with E-state index in [0.29, 0.717) is 28.3 Å². The molecule has 0 fully saturated rings. The maximum atomic E-state index is 13.4. The van der Waals surface area contributed by atoms with Crippen molar-refractivity contribution in [2.45, 2.75) is 13.5 Å². The molecule has 0 bridgehead atoms. The topological polar surface area (TPSA) is 69.6 Å². The summed E-state index contributed by atoms with van der Waals surface area (Å²) in [5, 5.41) is 3.68. The van der Waals surface area contributed by atoms with E-state index in [1.807, 2.05) is 4.57 Å². The van der Waals surface area contributed by atoms with Gasteiger partial charge in [-0.15, -0.1) is 0 Å². The maximum absolute atomic E-state index is 13.4. The predicted octanol–water partition coefficient (Wildman–Crippen LogP) is 2.53. The average molecular weight is 335 g/mol. The Balaban J connectivity index is 2.11. The highest BCUT2D eigenvalue weighted by Crippen LogP contribution is 2.18. The van der Waals surface area contributed by atoms with Gasteiger partial charge in [-0.3, -0.25) is 4.79 Å². The van der Waals surface area contributed by atoms with Crippen LogP contribution in [-0.4, -0.2) is 29.3 Å². The number of aromatic nitrogens is 2. The van der Waals surface area contributed by atoms with E-state index >= 15 is 0 Å². The molecule has 1 amide bonds. The Kier molecular flexibility index (Phi) is 4.35. The first kappa shape index (κ1) is 15.6. The number of carbonyl (C=O) groups is 1. The van der Waals surface area contributed by atoms with Crippen LogP contribution >= 0.6 is 11.3 Å². The molecule has 0 unspecified atom stereocenters. The minimum Gasteiger partial charge on any atom is -0.383 e. The molecule has 2 heterocycles. The van der Waals surface area contributed by atoms with Crippen LogP contribution in [0.5, 0.6) is 0 Å². The molecule has 0 aliphatic heterocycles. The maximum Gasteiger partial charge on any atom is 0.318 e. The summed E-state index contributed by atoms with van der Waals surface area (Å²) in [7, 11) is 1.59. The number of benzene rings is 1. The van der Waals surface area contributed by atoms with Crippen LogP contribution in [0.15, 0.2) is 33.8 Å². The number of rotatable bonds is 4. The van der Waals surface area contributed by atoms with Crippen molar-refractivity contribution in [3.05, 3.63) is 46.3 Å². The number of carbonyl (C=O) groups excluding carboxylic acids is 1. The van der Waals surface area contributed by atoms with E-state index in [-0.39, 0.29) is 11.6 Å². The van der Waals surface area contributed by atoms with Gasteiger partial charge in [0, 0.05) is 19.7 Å². The fraction of sp³-hybridized carbons (Fsp3) is 0.267. The van der Waals surface area contributed by atoms with Crippen LogP contribution in [0.3, 0.4) is 0 Å². The number of amides is 1. The van der Waals surface area contributed by atoms with Crippen molar-refractivity contribution >= 4 is 27.5 Å². The smallest absolute Gasteiger partial charge is 0.318 e. The van der Waals surface area contributed by atoms with E-state index in [0.717, 1.165) is 5.52 Å². The molecular weight excluding hydrogens is 321 g/mol. The van der Waals surface area contributed by atoms with Gasteiger partial charge >= 0.3 is 5.91 Å². The lowest BCUT2D eigenvalue weighted by Gasteiger charge is -2.03. The molecule has 23 heavy (non-hydrogen) atoms. The molecule has 3 aromatic rings. The lowest BCUT2D eigenvalue weighted by atomic mass is 10.3. The van der Waals surface area contributed by atoms with E-state index in [2.05, 4.69) is 10.1 Å². The molecule has 0 spiro atoms. The fourth-order valence-corrected chi connectivity index (χ4v) is 3.22. The summed E-state index contributed by atoms with van der Waals surface area (Å²) in [6.45, 7) is 2.68. The summed E-state index contributed by atoms with van der Waals surface area (Å²) in [6.07, 6.45) is 0. The third kappa shape index (κ3) is 3.22. The van der Waals surface area contributed by atoms with Crippen LogP contribution in [0.4, 0.5) is 4.39 Å². The van der Waals surface area contributed by atoms with Gasteiger partial charge in [0.05, 0.1) is 22.5 Å². The Hall–Kier alpha value is -2.32. The molecular formula is C15H14FN3O3S. The molecule has 1 aromatic carbocycles. The number of fused-ring (bicyclic) bond motifs is 1. The zero-order valence-corrected chi connectivity index (χ0v) is 13.4. The highest BCUT2D eigenvalue weighted by Gasteiger charge is 2.13. The fourth-order valence-electron chi connectivity index (χ4n) is 2.14. The van der Waals surface area contributed by atoms with Crippen molar-refractivity contribution in [3.8, 4) is 0 Å². The van der Waals surface area contributed by atoms with Gasteiger partial charge in [0.25, 0.3) is 0 Å². The molecule has 2 aromatic heterocycles. The third-order valence-corrected chi connectivity index (χ3v) is 4.24. The monoisotopic (exact) mass is 335 g/mol. The Morgan fingerprint density at radius 3 is 3.00 bits per heavy atom. The molecule has 0 radical (unpaired) electrons. The number of nitrogens with zero attached hydrogens (tertiary/aromatic N) is 3. The van der Waals surface area contributed by atoms with Crippen LogP contribution in [0.2, 0.25) is 0 Å². The third-order valence-electron chi connectivity index (χ3n) is 3.20. The summed E-state index contributed by atoms with van der Waals surface area (Å²) in [4.78, 5) is 16.7.